The second kappa shape index (κ2) is 8.81. The maximum Gasteiger partial charge on any atom is 0.0629 e. The van der Waals surface area contributed by atoms with Crippen LogP contribution in [-0.4, -0.2) is 50.8 Å². The summed E-state index contributed by atoms with van der Waals surface area (Å²) >= 11 is 0. The molecular formula is C20H34N2O. The van der Waals surface area contributed by atoms with Crippen LogP contribution in [0.15, 0.2) is 30.3 Å². The van der Waals surface area contributed by atoms with Crippen LogP contribution in [0.4, 0.5) is 0 Å². The Morgan fingerprint density at radius 1 is 1.22 bits per heavy atom. The number of likely N-dealkylation sites (N-methyl/N-ethyl adjacent to an activating group) is 1. The van der Waals surface area contributed by atoms with Crippen molar-refractivity contribution in [3.63, 3.8) is 0 Å². The molecule has 0 bridgehead atoms. The molecule has 130 valence electrons. The molecule has 0 saturated carbocycles. The Morgan fingerprint density at radius 3 is 2.61 bits per heavy atom. The predicted molar refractivity (Wildman–Crippen MR) is 98.0 cm³/mol. The van der Waals surface area contributed by atoms with E-state index in [9.17, 15) is 0 Å². The third-order valence-electron chi connectivity index (χ3n) is 4.90. The summed E-state index contributed by atoms with van der Waals surface area (Å²) in [6.07, 6.45) is 3.54. The number of rotatable bonds is 8. The maximum absolute atomic E-state index is 5.93. The van der Waals surface area contributed by atoms with Gasteiger partial charge in [0.15, 0.2) is 0 Å². The van der Waals surface area contributed by atoms with Gasteiger partial charge in [-0.1, -0.05) is 30.3 Å². The van der Waals surface area contributed by atoms with Crippen molar-refractivity contribution in [1.29, 1.82) is 0 Å². The van der Waals surface area contributed by atoms with Gasteiger partial charge in [-0.25, -0.2) is 0 Å². The molecule has 0 aliphatic carbocycles. The standard InChI is InChI=1S/C20H34N2O/c1-20(2)16-18(11-15-23-20)19(17-8-6-5-7-9-17)10-12-21-13-14-22(3)4/h5-9,18-19,21H,10-16H2,1-4H3/t18-,19+/m0/s1. The van der Waals surface area contributed by atoms with Crippen molar-refractivity contribution in [3.8, 4) is 0 Å². The van der Waals surface area contributed by atoms with Crippen LogP contribution in [0.25, 0.3) is 0 Å². The minimum Gasteiger partial charge on any atom is -0.376 e. The Kier molecular flexibility index (Phi) is 7.07. The van der Waals surface area contributed by atoms with Crippen LogP contribution in [0.1, 0.15) is 44.6 Å². The second-order valence-electron chi connectivity index (χ2n) is 7.72. The largest absolute Gasteiger partial charge is 0.376 e. The fraction of sp³-hybridized carbons (Fsp3) is 0.700. The third-order valence-corrected chi connectivity index (χ3v) is 4.90. The molecule has 0 spiro atoms. The molecule has 0 radical (unpaired) electrons. The van der Waals surface area contributed by atoms with Gasteiger partial charge in [-0.15, -0.1) is 0 Å². The van der Waals surface area contributed by atoms with Crippen molar-refractivity contribution < 1.29 is 4.74 Å². The Hall–Kier alpha value is -0.900. The number of benzene rings is 1. The highest BCUT2D eigenvalue weighted by molar-refractivity contribution is 5.20. The molecule has 1 aromatic rings. The van der Waals surface area contributed by atoms with E-state index in [1.165, 1.54) is 18.4 Å². The van der Waals surface area contributed by atoms with Crippen LogP contribution >= 0.6 is 0 Å². The minimum absolute atomic E-state index is 0.0221. The number of nitrogens with zero attached hydrogens (tertiary/aromatic N) is 1. The van der Waals surface area contributed by atoms with E-state index in [2.05, 4.69) is 68.5 Å². The molecular weight excluding hydrogens is 284 g/mol. The SMILES string of the molecule is CN(C)CCNCC[C@H](c1ccccc1)[C@H]1CCOC(C)(C)C1. The molecule has 0 aromatic heterocycles. The van der Waals surface area contributed by atoms with Gasteiger partial charge in [0, 0.05) is 19.7 Å². The van der Waals surface area contributed by atoms with Crippen LogP contribution in [-0.2, 0) is 4.74 Å². The fourth-order valence-corrected chi connectivity index (χ4v) is 3.68. The summed E-state index contributed by atoms with van der Waals surface area (Å²) < 4.78 is 5.93. The second-order valence-corrected chi connectivity index (χ2v) is 7.72. The molecule has 1 aliphatic heterocycles. The number of hydrogen-bond donors (Lipinski definition) is 1. The highest BCUT2D eigenvalue weighted by Gasteiger charge is 2.33. The summed E-state index contributed by atoms with van der Waals surface area (Å²) in [6.45, 7) is 8.61. The normalized spacial score (nSPS) is 22.2. The quantitative estimate of drug-likeness (QED) is 0.742. The van der Waals surface area contributed by atoms with Gasteiger partial charge in [0.05, 0.1) is 5.60 Å². The Morgan fingerprint density at radius 2 is 1.96 bits per heavy atom. The van der Waals surface area contributed by atoms with Gasteiger partial charge in [-0.05, 0) is 71.1 Å². The summed E-state index contributed by atoms with van der Waals surface area (Å²) in [7, 11) is 4.25. The molecule has 1 fully saturated rings. The lowest BCUT2D eigenvalue weighted by Gasteiger charge is -2.39. The summed E-state index contributed by atoms with van der Waals surface area (Å²) in [5.41, 5.74) is 1.51. The molecule has 1 aliphatic rings. The maximum atomic E-state index is 5.93. The molecule has 3 nitrogen and oxygen atoms in total. The van der Waals surface area contributed by atoms with E-state index in [4.69, 9.17) is 4.74 Å². The van der Waals surface area contributed by atoms with Crippen LogP contribution < -0.4 is 5.32 Å². The molecule has 3 heteroatoms. The highest BCUT2D eigenvalue weighted by atomic mass is 16.5. The zero-order valence-corrected chi connectivity index (χ0v) is 15.3. The van der Waals surface area contributed by atoms with Crippen LogP contribution in [0.5, 0.6) is 0 Å². The Labute approximate surface area is 142 Å². The lowest BCUT2D eigenvalue weighted by Crippen LogP contribution is -2.37. The first kappa shape index (κ1) is 18.4. The molecule has 2 rings (SSSR count). The molecule has 1 saturated heterocycles. The van der Waals surface area contributed by atoms with E-state index >= 15 is 0 Å². The Bertz CT molecular complexity index is 444. The molecule has 1 N–H and O–H groups in total. The van der Waals surface area contributed by atoms with Gasteiger partial charge < -0.3 is 15.0 Å². The van der Waals surface area contributed by atoms with Crippen molar-refractivity contribution in [2.24, 2.45) is 5.92 Å². The van der Waals surface area contributed by atoms with E-state index in [0.717, 1.165) is 38.6 Å². The van der Waals surface area contributed by atoms with Gasteiger partial charge in [0.1, 0.15) is 0 Å². The average molecular weight is 319 g/mol. The summed E-state index contributed by atoms with van der Waals surface area (Å²) in [5, 5.41) is 3.60. The average Bonchev–Trinajstić information content (AvgIpc) is 2.50. The van der Waals surface area contributed by atoms with Crippen molar-refractivity contribution in [1.82, 2.24) is 10.2 Å². The van der Waals surface area contributed by atoms with Gasteiger partial charge in [0.2, 0.25) is 0 Å². The first-order valence-electron chi connectivity index (χ1n) is 9.02. The van der Waals surface area contributed by atoms with Crippen molar-refractivity contribution in [3.05, 3.63) is 35.9 Å². The van der Waals surface area contributed by atoms with Gasteiger partial charge in [-0.2, -0.15) is 0 Å². The summed E-state index contributed by atoms with van der Waals surface area (Å²) in [5.74, 6) is 1.35. The van der Waals surface area contributed by atoms with E-state index in [0.29, 0.717) is 5.92 Å². The van der Waals surface area contributed by atoms with Crippen LogP contribution in [0.2, 0.25) is 0 Å². The lowest BCUT2D eigenvalue weighted by atomic mass is 9.75. The molecule has 0 amide bonds. The number of nitrogens with one attached hydrogen (secondary N) is 1. The first-order chi connectivity index (χ1) is 11.0. The zero-order valence-electron chi connectivity index (χ0n) is 15.3. The lowest BCUT2D eigenvalue weighted by molar-refractivity contribution is -0.0771. The Balaban J connectivity index is 1.95. The topological polar surface area (TPSA) is 24.5 Å². The number of ether oxygens (including phenoxy) is 1. The predicted octanol–water partition coefficient (Wildman–Crippen LogP) is 3.52. The first-order valence-corrected chi connectivity index (χ1v) is 9.02. The van der Waals surface area contributed by atoms with E-state index in [1.807, 2.05) is 0 Å². The van der Waals surface area contributed by atoms with E-state index in [-0.39, 0.29) is 5.60 Å². The van der Waals surface area contributed by atoms with Crippen molar-refractivity contribution >= 4 is 0 Å². The minimum atomic E-state index is 0.0221. The molecule has 1 heterocycles. The van der Waals surface area contributed by atoms with Gasteiger partial charge in [-0.3, -0.25) is 0 Å². The molecule has 2 atom stereocenters. The van der Waals surface area contributed by atoms with Crippen molar-refractivity contribution in [2.45, 2.75) is 44.6 Å². The number of hydrogen-bond acceptors (Lipinski definition) is 3. The van der Waals surface area contributed by atoms with Gasteiger partial charge in [0.25, 0.3) is 0 Å². The molecule has 1 aromatic carbocycles. The molecule has 23 heavy (non-hydrogen) atoms. The summed E-state index contributed by atoms with van der Waals surface area (Å²) in [4.78, 5) is 2.22. The zero-order chi connectivity index (χ0) is 16.7. The van der Waals surface area contributed by atoms with Gasteiger partial charge >= 0.3 is 0 Å². The van der Waals surface area contributed by atoms with E-state index in [1.54, 1.807) is 0 Å². The monoisotopic (exact) mass is 318 g/mol. The van der Waals surface area contributed by atoms with Crippen LogP contribution in [0.3, 0.4) is 0 Å². The molecule has 0 unspecified atom stereocenters. The van der Waals surface area contributed by atoms with Crippen molar-refractivity contribution in [2.75, 3.05) is 40.3 Å². The van der Waals surface area contributed by atoms with E-state index < -0.39 is 0 Å². The smallest absolute Gasteiger partial charge is 0.0629 e. The third kappa shape index (κ3) is 6.25. The fourth-order valence-electron chi connectivity index (χ4n) is 3.68. The highest BCUT2D eigenvalue weighted by Crippen LogP contribution is 2.39. The summed E-state index contributed by atoms with van der Waals surface area (Å²) in [6, 6.07) is 11.1. The van der Waals surface area contributed by atoms with Crippen LogP contribution in [0, 0.1) is 5.92 Å².